The fourth-order valence-corrected chi connectivity index (χ4v) is 2.97. The van der Waals surface area contributed by atoms with Gasteiger partial charge in [0.25, 0.3) is 0 Å². The van der Waals surface area contributed by atoms with Gasteiger partial charge in [-0.25, -0.2) is 4.99 Å². The van der Waals surface area contributed by atoms with Crippen LogP contribution in [0.5, 0.6) is 0 Å². The fourth-order valence-electron chi connectivity index (χ4n) is 2.03. The van der Waals surface area contributed by atoms with E-state index >= 15 is 0 Å². The average molecular weight is 299 g/mol. The maximum absolute atomic E-state index is 4.50. The quantitative estimate of drug-likeness (QED) is 0.692. The van der Waals surface area contributed by atoms with Crippen LogP contribution in [-0.4, -0.2) is 47.3 Å². The molecule has 3 rings (SSSR count). The summed E-state index contributed by atoms with van der Waals surface area (Å²) >= 11 is 5.24. The second-order valence-corrected chi connectivity index (χ2v) is 5.37. The minimum atomic E-state index is 0.873. The van der Waals surface area contributed by atoms with Crippen molar-refractivity contribution >= 4 is 40.1 Å². The maximum Gasteiger partial charge on any atom is 0.142 e. The number of nitrogens with zero attached hydrogens (tertiary/aromatic N) is 4. The van der Waals surface area contributed by atoms with Crippen molar-refractivity contribution in [1.29, 1.82) is 0 Å². The molecule has 0 aliphatic carbocycles. The molecule has 0 amide bonds. The van der Waals surface area contributed by atoms with Crippen LogP contribution in [0.15, 0.2) is 31.9 Å². The van der Waals surface area contributed by atoms with Crippen molar-refractivity contribution in [3.8, 4) is 0 Å². The third kappa shape index (κ3) is 1.51. The van der Waals surface area contributed by atoms with Crippen molar-refractivity contribution in [2.45, 2.75) is 0 Å². The van der Waals surface area contributed by atoms with Gasteiger partial charge in [-0.2, -0.15) is 0 Å². The lowest BCUT2D eigenvalue weighted by atomic mass is 10.2. The third-order valence-electron chi connectivity index (χ3n) is 2.81. The lowest BCUT2D eigenvalue weighted by molar-refractivity contribution is 0.502. The summed E-state index contributed by atoms with van der Waals surface area (Å²) in [6.45, 7) is 2.74. The molecule has 0 unspecified atom stereocenters. The molecule has 84 valence electrons. The monoisotopic (exact) mass is 298 g/mol. The second kappa shape index (κ2) is 3.92. The van der Waals surface area contributed by atoms with E-state index in [4.69, 9.17) is 0 Å². The van der Waals surface area contributed by atoms with Crippen molar-refractivity contribution < 1.29 is 0 Å². The van der Waals surface area contributed by atoms with E-state index < -0.39 is 0 Å². The molecular formula is C10H11BrN4S. The number of hydrogen-bond donors (Lipinski definition) is 0. The molecule has 0 radical (unpaired) electrons. The van der Waals surface area contributed by atoms with Gasteiger partial charge in [-0.1, -0.05) is 11.9 Å². The van der Waals surface area contributed by atoms with E-state index in [0.29, 0.717) is 0 Å². The standard InChI is InChI=1S/C10H11BrN4S/c1-16-14-5-9-8(13-6-14)4-7(11)10-12-2-3-15(9)10/h4,6H,2-3,5H2,1H3. The van der Waals surface area contributed by atoms with Gasteiger partial charge in [-0.05, 0) is 22.0 Å². The number of fused-ring (bicyclic) bond motifs is 2. The summed E-state index contributed by atoms with van der Waals surface area (Å²) in [6.07, 6.45) is 6.01. The summed E-state index contributed by atoms with van der Waals surface area (Å²) in [5, 5.41) is 0. The molecule has 3 heterocycles. The maximum atomic E-state index is 4.50. The van der Waals surface area contributed by atoms with Crippen LogP contribution >= 0.6 is 27.9 Å². The summed E-state index contributed by atoms with van der Waals surface area (Å²) < 4.78 is 3.17. The lowest BCUT2D eigenvalue weighted by Crippen LogP contribution is -2.37. The van der Waals surface area contributed by atoms with E-state index in [0.717, 1.165) is 35.6 Å². The zero-order valence-corrected chi connectivity index (χ0v) is 11.3. The van der Waals surface area contributed by atoms with Crippen LogP contribution in [-0.2, 0) is 0 Å². The Labute approximate surface area is 107 Å². The molecule has 0 aromatic rings. The Morgan fingerprint density at radius 2 is 2.38 bits per heavy atom. The summed E-state index contributed by atoms with van der Waals surface area (Å²) in [6, 6.07) is 0. The molecule has 6 heteroatoms. The zero-order chi connectivity index (χ0) is 11.1. The minimum absolute atomic E-state index is 0.873. The Morgan fingerprint density at radius 3 is 3.19 bits per heavy atom. The summed E-state index contributed by atoms with van der Waals surface area (Å²) in [4.78, 5) is 11.2. The molecule has 0 atom stereocenters. The summed E-state index contributed by atoms with van der Waals surface area (Å²) in [5.41, 5.74) is 2.31. The van der Waals surface area contributed by atoms with Crippen molar-refractivity contribution in [3.05, 3.63) is 22.0 Å². The number of rotatable bonds is 1. The molecule has 0 N–H and O–H groups in total. The van der Waals surface area contributed by atoms with Gasteiger partial charge in [0.15, 0.2) is 0 Å². The normalized spacial score (nSPS) is 23.1. The molecule has 0 saturated heterocycles. The van der Waals surface area contributed by atoms with E-state index in [9.17, 15) is 0 Å². The number of aliphatic imine (C=N–C) groups is 2. The molecule has 0 bridgehead atoms. The van der Waals surface area contributed by atoms with Crippen LogP contribution in [0.1, 0.15) is 0 Å². The highest BCUT2D eigenvalue weighted by Gasteiger charge is 2.30. The van der Waals surface area contributed by atoms with Crippen LogP contribution in [0.25, 0.3) is 0 Å². The number of hydrogen-bond acceptors (Lipinski definition) is 5. The first kappa shape index (κ1) is 10.4. The van der Waals surface area contributed by atoms with Crippen molar-refractivity contribution in [1.82, 2.24) is 9.21 Å². The topological polar surface area (TPSA) is 31.2 Å². The molecule has 0 fully saturated rings. The van der Waals surface area contributed by atoms with Gasteiger partial charge in [-0.3, -0.25) is 4.99 Å². The van der Waals surface area contributed by atoms with E-state index in [-0.39, 0.29) is 0 Å². The van der Waals surface area contributed by atoms with E-state index in [1.807, 2.05) is 6.34 Å². The largest absolute Gasteiger partial charge is 0.324 e. The highest BCUT2D eigenvalue weighted by atomic mass is 79.9. The molecule has 0 aromatic heterocycles. The molecule has 0 spiro atoms. The molecule has 3 aliphatic heterocycles. The summed E-state index contributed by atoms with van der Waals surface area (Å²) in [5.74, 6) is 1.05. The number of amidine groups is 1. The van der Waals surface area contributed by atoms with Crippen LogP contribution in [0.3, 0.4) is 0 Å². The van der Waals surface area contributed by atoms with E-state index in [1.165, 1.54) is 5.70 Å². The van der Waals surface area contributed by atoms with Gasteiger partial charge >= 0.3 is 0 Å². The zero-order valence-electron chi connectivity index (χ0n) is 8.85. The minimum Gasteiger partial charge on any atom is -0.324 e. The molecule has 16 heavy (non-hydrogen) atoms. The van der Waals surface area contributed by atoms with Crippen molar-refractivity contribution in [2.75, 3.05) is 25.9 Å². The predicted octanol–water partition coefficient (Wildman–Crippen LogP) is 1.83. The Hall–Kier alpha value is -0.750. The van der Waals surface area contributed by atoms with Crippen LogP contribution < -0.4 is 0 Å². The van der Waals surface area contributed by atoms with Gasteiger partial charge in [0.1, 0.15) is 12.2 Å². The first-order valence-corrected chi connectivity index (χ1v) is 7.04. The molecule has 3 aliphatic rings. The third-order valence-corrected chi connectivity index (χ3v) is 4.08. The van der Waals surface area contributed by atoms with Gasteiger partial charge in [0.05, 0.1) is 29.0 Å². The van der Waals surface area contributed by atoms with Gasteiger partial charge < -0.3 is 9.21 Å². The first-order valence-electron chi connectivity index (χ1n) is 5.07. The van der Waals surface area contributed by atoms with E-state index in [2.05, 4.69) is 47.5 Å². The van der Waals surface area contributed by atoms with Crippen LogP contribution in [0.2, 0.25) is 0 Å². The highest BCUT2D eigenvalue weighted by Crippen LogP contribution is 2.32. The second-order valence-electron chi connectivity index (χ2n) is 3.68. The predicted molar refractivity (Wildman–Crippen MR) is 71.8 cm³/mol. The van der Waals surface area contributed by atoms with Gasteiger partial charge in [0.2, 0.25) is 0 Å². The molecule has 0 aromatic carbocycles. The fraction of sp³-hybridized carbons (Fsp3) is 0.400. The molecular weight excluding hydrogens is 288 g/mol. The van der Waals surface area contributed by atoms with Crippen LogP contribution in [0, 0.1) is 0 Å². The smallest absolute Gasteiger partial charge is 0.142 e. The number of halogens is 1. The Morgan fingerprint density at radius 1 is 1.50 bits per heavy atom. The molecule has 4 nitrogen and oxygen atoms in total. The Balaban J connectivity index is 2.01. The Bertz CT molecular complexity index is 452. The van der Waals surface area contributed by atoms with Crippen LogP contribution in [0.4, 0.5) is 0 Å². The molecule has 0 saturated carbocycles. The average Bonchev–Trinajstić information content (AvgIpc) is 2.78. The number of allylic oxidation sites excluding steroid dienone is 1. The van der Waals surface area contributed by atoms with Gasteiger partial charge in [0, 0.05) is 12.8 Å². The first-order chi connectivity index (χ1) is 7.79. The van der Waals surface area contributed by atoms with E-state index in [1.54, 1.807) is 11.9 Å². The lowest BCUT2D eigenvalue weighted by Gasteiger charge is -2.33. The van der Waals surface area contributed by atoms with Crippen molar-refractivity contribution in [3.63, 3.8) is 0 Å². The SMILES string of the molecule is CSN1C=NC2=C(C1)N1CCN=C1C(Br)=C2. The Kier molecular flexibility index (Phi) is 2.55. The van der Waals surface area contributed by atoms with Gasteiger partial charge in [-0.15, -0.1) is 0 Å². The highest BCUT2D eigenvalue weighted by molar-refractivity contribution is 9.12. The summed E-state index contributed by atoms with van der Waals surface area (Å²) in [7, 11) is 0. The van der Waals surface area contributed by atoms with Crippen molar-refractivity contribution in [2.24, 2.45) is 9.98 Å².